The van der Waals surface area contributed by atoms with Gasteiger partial charge < -0.3 is 0 Å². The lowest BCUT2D eigenvalue weighted by Crippen LogP contribution is -2.19. The minimum Gasteiger partial charge on any atom is -0.204 e. The zero-order chi connectivity index (χ0) is 9.46. The van der Waals surface area contributed by atoms with Crippen molar-refractivity contribution in [3.05, 3.63) is 28.8 Å². The highest BCUT2D eigenvalue weighted by atomic mass is 19.2. The predicted octanol–water partition coefficient (Wildman–Crippen LogP) is 1.35. The van der Waals surface area contributed by atoms with E-state index >= 15 is 0 Å². The molecule has 0 fully saturated rings. The summed E-state index contributed by atoms with van der Waals surface area (Å²) >= 11 is 0. The van der Waals surface area contributed by atoms with Gasteiger partial charge in [0.2, 0.25) is 0 Å². The zero-order valence-electron chi connectivity index (χ0n) is 6.09. The quantitative estimate of drug-likeness (QED) is 0.241. The summed E-state index contributed by atoms with van der Waals surface area (Å²) in [4.78, 5) is 0. The van der Waals surface area contributed by atoms with E-state index < -0.39 is 34.3 Å². The van der Waals surface area contributed by atoms with E-state index in [1.807, 2.05) is 0 Å². The van der Waals surface area contributed by atoms with Gasteiger partial charge >= 0.3 is 0 Å². The van der Waals surface area contributed by atoms with Crippen molar-refractivity contribution in [2.24, 2.45) is 0 Å². The van der Waals surface area contributed by atoms with Gasteiger partial charge in [0.05, 0.1) is 0 Å². The summed E-state index contributed by atoms with van der Waals surface area (Å²) < 4.78 is 49.8. The predicted molar refractivity (Wildman–Crippen MR) is 36.4 cm³/mol. The molecular weight excluding hydrogens is 171 g/mol. The van der Waals surface area contributed by atoms with Crippen molar-refractivity contribution in [2.45, 2.75) is 6.92 Å². The van der Waals surface area contributed by atoms with Gasteiger partial charge in [0.25, 0.3) is 0 Å². The molecule has 0 nitrogen and oxygen atoms in total. The maximum Gasteiger partial charge on any atom is 0.197 e. The highest BCUT2D eigenvalue weighted by Gasteiger charge is 2.19. The van der Waals surface area contributed by atoms with E-state index in [-0.39, 0.29) is 0 Å². The van der Waals surface area contributed by atoms with Crippen molar-refractivity contribution in [2.75, 3.05) is 0 Å². The third kappa shape index (κ3) is 1.09. The fourth-order valence-electron chi connectivity index (χ4n) is 0.758. The molecule has 0 saturated heterocycles. The summed E-state index contributed by atoms with van der Waals surface area (Å²) in [5.74, 6) is -6.72. The van der Waals surface area contributed by atoms with E-state index in [0.29, 0.717) is 0 Å². The van der Waals surface area contributed by atoms with Crippen LogP contribution in [0, 0.1) is 30.2 Å². The molecule has 0 amide bonds. The molecule has 0 aliphatic heterocycles. The van der Waals surface area contributed by atoms with Gasteiger partial charge in [-0.05, 0) is 12.5 Å². The number of hydrogen-bond acceptors (Lipinski definition) is 0. The van der Waals surface area contributed by atoms with Crippen LogP contribution in [0.5, 0.6) is 0 Å². The largest absolute Gasteiger partial charge is 0.204 e. The summed E-state index contributed by atoms with van der Waals surface area (Å²) in [6.07, 6.45) is 0. The summed E-state index contributed by atoms with van der Waals surface area (Å²) in [6.45, 7) is 1.07. The summed E-state index contributed by atoms with van der Waals surface area (Å²) in [5.41, 5.74) is -1.13. The third-order valence-electron chi connectivity index (χ3n) is 1.55. The molecule has 5 heteroatoms. The van der Waals surface area contributed by atoms with Crippen molar-refractivity contribution >= 4 is 13.3 Å². The molecule has 0 heterocycles. The highest BCUT2D eigenvalue weighted by Crippen LogP contribution is 2.15. The lowest BCUT2D eigenvalue weighted by atomic mass is 9.90. The van der Waals surface area contributed by atoms with Crippen LogP contribution in [0.25, 0.3) is 0 Å². The molecule has 1 aromatic rings. The summed E-state index contributed by atoms with van der Waals surface area (Å²) in [7, 11) is 4.93. The van der Waals surface area contributed by atoms with Gasteiger partial charge in [0.15, 0.2) is 23.3 Å². The van der Waals surface area contributed by atoms with Gasteiger partial charge in [0, 0.05) is 0 Å². The molecule has 0 aromatic heterocycles. The Bertz CT molecular complexity index is 230. The van der Waals surface area contributed by atoms with E-state index in [9.17, 15) is 17.6 Å². The molecule has 62 valence electrons. The molecule has 0 unspecified atom stereocenters. The number of hydrogen-bond donors (Lipinski definition) is 0. The Balaban J connectivity index is 3.60. The zero-order valence-corrected chi connectivity index (χ0v) is 6.09. The second-order valence-electron chi connectivity index (χ2n) is 2.29. The number of rotatable bonds is 0. The second kappa shape index (κ2) is 2.81. The first kappa shape index (κ1) is 9.10. The molecule has 2 radical (unpaired) electrons. The molecule has 0 aliphatic rings. The first-order valence-electron chi connectivity index (χ1n) is 3.04. The fourth-order valence-corrected chi connectivity index (χ4v) is 0.758. The normalized spacial score (nSPS) is 10.4. The molecule has 0 bridgehead atoms. The topological polar surface area (TPSA) is 0 Å². The Morgan fingerprint density at radius 3 is 1.75 bits per heavy atom. The van der Waals surface area contributed by atoms with Crippen molar-refractivity contribution in [1.29, 1.82) is 0 Å². The van der Waals surface area contributed by atoms with Crippen LogP contribution in [0.1, 0.15) is 5.56 Å². The maximum atomic E-state index is 12.6. The molecule has 1 aromatic carbocycles. The Labute approximate surface area is 67.6 Å². The number of halogens is 4. The maximum absolute atomic E-state index is 12.6. The molecular formula is C7H3BF4. The SMILES string of the molecule is [B]c1c(C)c(F)c(F)c(F)c1F. The molecule has 12 heavy (non-hydrogen) atoms. The molecule has 0 aliphatic carbocycles. The summed E-state index contributed by atoms with van der Waals surface area (Å²) in [5, 5.41) is 0. The lowest BCUT2D eigenvalue weighted by Gasteiger charge is -2.05. The van der Waals surface area contributed by atoms with Crippen molar-refractivity contribution in [3.63, 3.8) is 0 Å². The van der Waals surface area contributed by atoms with E-state index in [1.165, 1.54) is 0 Å². The van der Waals surface area contributed by atoms with Crippen LogP contribution in [0.4, 0.5) is 17.6 Å². The van der Waals surface area contributed by atoms with Gasteiger partial charge in [-0.2, -0.15) is 0 Å². The Morgan fingerprint density at radius 2 is 1.25 bits per heavy atom. The monoisotopic (exact) mass is 174 g/mol. The Hall–Kier alpha value is -0.995. The van der Waals surface area contributed by atoms with Crippen molar-refractivity contribution in [3.8, 4) is 0 Å². The van der Waals surface area contributed by atoms with E-state index in [2.05, 4.69) is 0 Å². The van der Waals surface area contributed by atoms with Crippen LogP contribution >= 0.6 is 0 Å². The van der Waals surface area contributed by atoms with Crippen LogP contribution in [0.3, 0.4) is 0 Å². The van der Waals surface area contributed by atoms with Crippen LogP contribution < -0.4 is 5.46 Å². The van der Waals surface area contributed by atoms with E-state index in [4.69, 9.17) is 7.85 Å². The first-order chi connectivity index (χ1) is 5.46. The molecule has 0 saturated carbocycles. The van der Waals surface area contributed by atoms with Crippen molar-refractivity contribution in [1.82, 2.24) is 0 Å². The number of benzene rings is 1. The standard InChI is InChI=1S/C7H3BF4/c1-2-3(8)5(10)7(12)6(11)4(2)9/h1H3. The molecule has 1 rings (SSSR count). The van der Waals surface area contributed by atoms with Gasteiger partial charge in [0.1, 0.15) is 7.85 Å². The van der Waals surface area contributed by atoms with Crippen LogP contribution in [0.2, 0.25) is 0 Å². The minimum absolute atomic E-state index is 0.425. The first-order valence-corrected chi connectivity index (χ1v) is 3.04. The lowest BCUT2D eigenvalue weighted by molar-refractivity contribution is 0.409. The van der Waals surface area contributed by atoms with E-state index in [0.717, 1.165) is 6.92 Å². The average Bonchev–Trinajstić information content (AvgIpc) is 2.08. The highest BCUT2D eigenvalue weighted by molar-refractivity contribution is 6.33. The van der Waals surface area contributed by atoms with Crippen LogP contribution in [-0.4, -0.2) is 7.85 Å². The summed E-state index contributed by atoms with van der Waals surface area (Å²) in [6, 6.07) is 0. The average molecular weight is 174 g/mol. The second-order valence-corrected chi connectivity index (χ2v) is 2.29. The molecule has 0 atom stereocenters. The van der Waals surface area contributed by atoms with Gasteiger partial charge in [-0.3, -0.25) is 0 Å². The van der Waals surface area contributed by atoms with Crippen LogP contribution in [-0.2, 0) is 0 Å². The Morgan fingerprint density at radius 1 is 0.833 bits per heavy atom. The molecule has 0 spiro atoms. The van der Waals surface area contributed by atoms with Gasteiger partial charge in [-0.15, -0.1) is 0 Å². The fraction of sp³-hybridized carbons (Fsp3) is 0.143. The third-order valence-corrected chi connectivity index (χ3v) is 1.55. The van der Waals surface area contributed by atoms with Gasteiger partial charge in [-0.25, -0.2) is 17.6 Å². The van der Waals surface area contributed by atoms with Crippen LogP contribution in [0.15, 0.2) is 0 Å². The molecule has 0 N–H and O–H groups in total. The van der Waals surface area contributed by atoms with Gasteiger partial charge in [-0.1, -0.05) is 5.46 Å². The van der Waals surface area contributed by atoms with E-state index in [1.54, 1.807) is 0 Å². The smallest absolute Gasteiger partial charge is 0.197 e. The minimum atomic E-state index is -1.88. The Kier molecular flexibility index (Phi) is 2.13. The van der Waals surface area contributed by atoms with Crippen molar-refractivity contribution < 1.29 is 17.6 Å².